The van der Waals surface area contributed by atoms with Crippen molar-refractivity contribution in [3.63, 3.8) is 0 Å². The molecular formula is C24H17Cl2N3O. The van der Waals surface area contributed by atoms with E-state index in [-0.39, 0.29) is 6.73 Å². The van der Waals surface area contributed by atoms with Crippen LogP contribution in [0.15, 0.2) is 96.5 Å². The summed E-state index contributed by atoms with van der Waals surface area (Å²) in [5.74, 6) is 0.443. The molecule has 0 spiro atoms. The van der Waals surface area contributed by atoms with Crippen molar-refractivity contribution in [3.05, 3.63) is 107 Å². The second-order valence-electron chi connectivity index (χ2n) is 6.49. The maximum Gasteiger partial charge on any atom is 0.166 e. The Labute approximate surface area is 185 Å². The Kier molecular flexibility index (Phi) is 5.94. The highest BCUT2D eigenvalue weighted by Crippen LogP contribution is 2.38. The van der Waals surface area contributed by atoms with E-state index < -0.39 is 0 Å². The number of anilines is 2. The van der Waals surface area contributed by atoms with Crippen molar-refractivity contribution in [2.45, 2.75) is 0 Å². The third-order valence-electron chi connectivity index (χ3n) is 4.65. The minimum atomic E-state index is 0.159. The van der Waals surface area contributed by atoms with E-state index in [0.29, 0.717) is 27.2 Å². The molecule has 0 saturated heterocycles. The van der Waals surface area contributed by atoms with Gasteiger partial charge in [-0.2, -0.15) is 5.26 Å². The zero-order valence-corrected chi connectivity index (χ0v) is 17.4. The van der Waals surface area contributed by atoms with Gasteiger partial charge in [-0.25, -0.2) is 0 Å². The van der Waals surface area contributed by atoms with Gasteiger partial charge in [0.2, 0.25) is 0 Å². The molecule has 1 aliphatic heterocycles. The number of benzene rings is 3. The highest BCUT2D eigenvalue weighted by Gasteiger charge is 2.27. The smallest absolute Gasteiger partial charge is 0.166 e. The van der Waals surface area contributed by atoms with Crippen LogP contribution < -0.4 is 10.2 Å². The van der Waals surface area contributed by atoms with E-state index in [0.717, 1.165) is 16.8 Å². The number of nitrogens with zero attached hydrogens (tertiary/aromatic N) is 2. The first-order chi connectivity index (χ1) is 14.7. The zero-order valence-electron chi connectivity index (χ0n) is 15.8. The lowest BCUT2D eigenvalue weighted by Crippen LogP contribution is -2.19. The van der Waals surface area contributed by atoms with Gasteiger partial charge in [0.15, 0.2) is 18.2 Å². The summed E-state index contributed by atoms with van der Waals surface area (Å²) in [7, 11) is 0. The molecule has 0 aromatic heterocycles. The van der Waals surface area contributed by atoms with Gasteiger partial charge in [-0.05, 0) is 29.8 Å². The third kappa shape index (κ3) is 3.99. The number of halogens is 2. The first-order valence-corrected chi connectivity index (χ1v) is 10.0. The van der Waals surface area contributed by atoms with Gasteiger partial charge in [0, 0.05) is 17.5 Å². The Hall–Kier alpha value is -3.39. The molecule has 6 heteroatoms. The monoisotopic (exact) mass is 433 g/mol. The van der Waals surface area contributed by atoms with Gasteiger partial charge in [-0.1, -0.05) is 77.8 Å². The fourth-order valence-electron chi connectivity index (χ4n) is 3.25. The van der Waals surface area contributed by atoms with Gasteiger partial charge >= 0.3 is 0 Å². The fourth-order valence-corrected chi connectivity index (χ4v) is 3.85. The average molecular weight is 434 g/mol. The van der Waals surface area contributed by atoms with Crippen LogP contribution in [0.1, 0.15) is 0 Å². The van der Waals surface area contributed by atoms with Crippen molar-refractivity contribution in [1.29, 1.82) is 5.26 Å². The van der Waals surface area contributed by atoms with E-state index in [2.05, 4.69) is 29.6 Å². The van der Waals surface area contributed by atoms with Gasteiger partial charge in [0.25, 0.3) is 0 Å². The van der Waals surface area contributed by atoms with Gasteiger partial charge in [-0.3, -0.25) is 4.90 Å². The van der Waals surface area contributed by atoms with Gasteiger partial charge in [-0.15, -0.1) is 0 Å². The summed E-state index contributed by atoms with van der Waals surface area (Å²) in [6, 6.07) is 25.6. The topological polar surface area (TPSA) is 48.3 Å². The summed E-state index contributed by atoms with van der Waals surface area (Å²) in [5, 5.41) is 13.9. The van der Waals surface area contributed by atoms with Gasteiger partial charge in [0.05, 0.1) is 15.7 Å². The molecule has 0 bridgehead atoms. The van der Waals surface area contributed by atoms with Crippen LogP contribution in [0.4, 0.5) is 11.4 Å². The number of nitriles is 1. The number of allylic oxidation sites excluding steroid dienone is 2. The van der Waals surface area contributed by atoms with Crippen LogP contribution in [0.5, 0.6) is 0 Å². The molecule has 1 heterocycles. The van der Waals surface area contributed by atoms with Crippen LogP contribution in [0, 0.1) is 11.3 Å². The maximum atomic E-state index is 9.69. The lowest BCUT2D eigenvalue weighted by atomic mass is 10.0. The Morgan fingerprint density at radius 3 is 2.37 bits per heavy atom. The molecule has 4 nitrogen and oxygen atoms in total. The maximum absolute atomic E-state index is 9.69. The van der Waals surface area contributed by atoms with Gasteiger partial charge < -0.3 is 10.1 Å². The van der Waals surface area contributed by atoms with Crippen molar-refractivity contribution >= 4 is 34.6 Å². The number of ether oxygens (including phenoxy) is 1. The third-order valence-corrected chi connectivity index (χ3v) is 5.26. The Morgan fingerprint density at radius 2 is 1.63 bits per heavy atom. The molecule has 1 aliphatic rings. The van der Waals surface area contributed by atoms with Crippen LogP contribution in [-0.4, -0.2) is 6.73 Å². The molecule has 4 rings (SSSR count). The summed E-state index contributed by atoms with van der Waals surface area (Å²) in [6.45, 7) is 0.159. The van der Waals surface area contributed by atoms with Crippen LogP contribution in [0.2, 0.25) is 10.0 Å². The molecule has 0 atom stereocenters. The van der Waals surface area contributed by atoms with Crippen LogP contribution in [0.25, 0.3) is 11.1 Å². The Morgan fingerprint density at radius 1 is 0.933 bits per heavy atom. The highest BCUT2D eigenvalue weighted by molar-refractivity contribution is 6.39. The summed E-state index contributed by atoms with van der Waals surface area (Å²) in [4.78, 5) is 1.67. The molecule has 0 amide bonds. The Balaban J connectivity index is 1.59. The average Bonchev–Trinajstić information content (AvgIpc) is 3.17. The molecule has 0 saturated carbocycles. The summed E-state index contributed by atoms with van der Waals surface area (Å²) in [5.41, 5.74) is 4.04. The summed E-state index contributed by atoms with van der Waals surface area (Å²) >= 11 is 12.6. The molecule has 3 aromatic rings. The summed E-state index contributed by atoms with van der Waals surface area (Å²) < 4.78 is 5.73. The van der Waals surface area contributed by atoms with Crippen LogP contribution in [-0.2, 0) is 4.74 Å². The molecule has 0 aliphatic carbocycles. The molecule has 0 fully saturated rings. The van der Waals surface area contributed by atoms with E-state index >= 15 is 0 Å². The number of para-hydroxylation sites is 2. The van der Waals surface area contributed by atoms with E-state index in [1.807, 2.05) is 36.4 Å². The minimum absolute atomic E-state index is 0.159. The number of hydrogen-bond acceptors (Lipinski definition) is 4. The first kappa shape index (κ1) is 19.9. The number of nitrogens with one attached hydrogen (secondary N) is 1. The second-order valence-corrected chi connectivity index (χ2v) is 7.30. The summed E-state index contributed by atoms with van der Waals surface area (Å²) in [6.07, 6.45) is 3.48. The number of hydrogen-bond donors (Lipinski definition) is 1. The minimum Gasteiger partial charge on any atom is -0.470 e. The lowest BCUT2D eigenvalue weighted by Gasteiger charge is -2.18. The molecular weight excluding hydrogens is 417 g/mol. The van der Waals surface area contributed by atoms with Crippen molar-refractivity contribution in [2.75, 3.05) is 16.9 Å². The van der Waals surface area contributed by atoms with Crippen molar-refractivity contribution in [2.24, 2.45) is 0 Å². The second kappa shape index (κ2) is 8.96. The molecule has 0 unspecified atom stereocenters. The molecule has 1 N–H and O–H groups in total. The Bertz CT molecular complexity index is 1150. The van der Waals surface area contributed by atoms with E-state index in [1.165, 1.54) is 0 Å². The zero-order chi connectivity index (χ0) is 20.9. The largest absolute Gasteiger partial charge is 0.470 e. The van der Waals surface area contributed by atoms with E-state index in [1.54, 1.807) is 35.4 Å². The normalized spacial score (nSPS) is 13.4. The van der Waals surface area contributed by atoms with E-state index in [9.17, 15) is 5.26 Å². The predicted octanol–water partition coefficient (Wildman–Crippen LogP) is 6.82. The quantitative estimate of drug-likeness (QED) is 0.479. The lowest BCUT2D eigenvalue weighted by molar-refractivity contribution is 0.257. The van der Waals surface area contributed by atoms with Crippen molar-refractivity contribution < 1.29 is 4.74 Å². The molecule has 30 heavy (non-hydrogen) atoms. The SMILES string of the molecule is N#CC1=C(/C=C/Nc2ccccc2-c2ccccc2)OCN1c1c(Cl)cccc1Cl. The molecule has 148 valence electrons. The van der Waals surface area contributed by atoms with Crippen LogP contribution >= 0.6 is 23.2 Å². The standard InChI is InChI=1S/C24H17Cl2N3O/c25-19-10-6-11-20(26)24(19)29-16-30-23(22(29)15-27)13-14-28-21-12-5-4-9-18(21)17-7-2-1-3-8-17/h1-14,28H,16H2/b14-13+. The van der Waals surface area contributed by atoms with Gasteiger partial charge in [0.1, 0.15) is 6.07 Å². The first-order valence-electron chi connectivity index (χ1n) is 9.25. The van der Waals surface area contributed by atoms with Crippen molar-refractivity contribution in [1.82, 2.24) is 0 Å². The number of rotatable bonds is 5. The highest BCUT2D eigenvalue weighted by atomic mass is 35.5. The fraction of sp³-hybridized carbons (Fsp3) is 0.0417. The van der Waals surface area contributed by atoms with Crippen molar-refractivity contribution in [3.8, 4) is 17.2 Å². The molecule has 0 radical (unpaired) electrons. The van der Waals surface area contributed by atoms with E-state index in [4.69, 9.17) is 27.9 Å². The molecule has 3 aromatic carbocycles. The predicted molar refractivity (Wildman–Crippen MR) is 122 cm³/mol. The van der Waals surface area contributed by atoms with Crippen LogP contribution in [0.3, 0.4) is 0 Å².